The number of aryl methyl sites for hydroxylation is 1. The van der Waals surface area contributed by atoms with Gasteiger partial charge in [0.05, 0.1) is 6.54 Å². The van der Waals surface area contributed by atoms with E-state index >= 15 is 0 Å². The molecule has 0 saturated carbocycles. The van der Waals surface area contributed by atoms with E-state index in [1.807, 2.05) is 81.4 Å². The molecule has 0 saturated heterocycles. The van der Waals surface area contributed by atoms with Crippen LogP contribution in [0.25, 0.3) is 0 Å². The molecule has 8 heteroatoms. The highest BCUT2D eigenvalue weighted by atomic mass is 16.7. The molecule has 1 aliphatic heterocycles. The Bertz CT molecular complexity index is 1160. The van der Waals surface area contributed by atoms with Gasteiger partial charge in [-0.25, -0.2) is 4.79 Å². The lowest BCUT2D eigenvalue weighted by atomic mass is 10.1. The van der Waals surface area contributed by atoms with Crippen LogP contribution in [0.1, 0.15) is 36.5 Å². The molecular weight excluding hydrogens is 446 g/mol. The Morgan fingerprint density at radius 1 is 0.943 bits per heavy atom. The Morgan fingerprint density at radius 2 is 1.71 bits per heavy atom. The van der Waals surface area contributed by atoms with Crippen LogP contribution in [0.3, 0.4) is 0 Å². The van der Waals surface area contributed by atoms with Gasteiger partial charge in [-0.2, -0.15) is 0 Å². The van der Waals surface area contributed by atoms with Crippen molar-refractivity contribution in [3.05, 3.63) is 83.3 Å². The minimum Gasteiger partial charge on any atom is -0.464 e. The molecule has 3 aromatic rings. The Kier molecular flexibility index (Phi) is 7.60. The van der Waals surface area contributed by atoms with Crippen LogP contribution in [0.15, 0.2) is 65.1 Å². The standard InChI is InChI=1S/C27H31N3O5/c1-19(2)30(27(32)28-14-21-7-5-4-6-8-21)17-26(31)29(16-23-11-9-20(3)35-23)15-22-10-12-24-25(13-22)34-18-33-24/h4-13,19H,14-18H2,1-3H3,(H,28,32). The largest absolute Gasteiger partial charge is 0.464 e. The van der Waals surface area contributed by atoms with Gasteiger partial charge in [-0.3, -0.25) is 4.79 Å². The van der Waals surface area contributed by atoms with E-state index in [9.17, 15) is 9.59 Å². The van der Waals surface area contributed by atoms with Crippen molar-refractivity contribution in [2.75, 3.05) is 13.3 Å². The van der Waals surface area contributed by atoms with Crippen LogP contribution >= 0.6 is 0 Å². The summed E-state index contributed by atoms with van der Waals surface area (Å²) in [6, 6.07) is 18.6. The SMILES string of the molecule is Cc1ccc(CN(Cc2ccc3c(c2)OCO3)C(=O)CN(C(=O)NCc2ccccc2)C(C)C)o1. The minimum absolute atomic E-state index is 0.0530. The zero-order chi connectivity index (χ0) is 24.8. The summed E-state index contributed by atoms with van der Waals surface area (Å²) in [4.78, 5) is 29.7. The summed E-state index contributed by atoms with van der Waals surface area (Å²) < 4.78 is 16.6. The molecule has 0 aliphatic carbocycles. The summed E-state index contributed by atoms with van der Waals surface area (Å²) in [6.45, 7) is 6.82. The number of rotatable bonds is 9. The highest BCUT2D eigenvalue weighted by molar-refractivity contribution is 5.84. The average Bonchev–Trinajstić information content (AvgIpc) is 3.49. The van der Waals surface area contributed by atoms with Crippen LogP contribution in [-0.2, 0) is 24.4 Å². The predicted molar refractivity (Wildman–Crippen MR) is 131 cm³/mol. The van der Waals surface area contributed by atoms with E-state index in [-0.39, 0.29) is 31.3 Å². The second-order valence-electron chi connectivity index (χ2n) is 8.82. The fourth-order valence-corrected chi connectivity index (χ4v) is 3.86. The summed E-state index contributed by atoms with van der Waals surface area (Å²) in [5.74, 6) is 2.63. The Morgan fingerprint density at radius 3 is 2.43 bits per heavy atom. The number of urea groups is 1. The number of fused-ring (bicyclic) bond motifs is 1. The molecule has 1 aliphatic rings. The zero-order valence-electron chi connectivity index (χ0n) is 20.3. The third-order valence-corrected chi connectivity index (χ3v) is 5.78. The van der Waals surface area contributed by atoms with Crippen molar-refractivity contribution in [3.63, 3.8) is 0 Å². The van der Waals surface area contributed by atoms with Crippen LogP contribution in [0.4, 0.5) is 4.79 Å². The van der Waals surface area contributed by atoms with E-state index in [1.54, 1.807) is 9.80 Å². The molecule has 0 fully saturated rings. The quantitative estimate of drug-likeness (QED) is 0.492. The third kappa shape index (κ3) is 6.35. The monoisotopic (exact) mass is 477 g/mol. The van der Waals surface area contributed by atoms with Gasteiger partial charge in [0.15, 0.2) is 11.5 Å². The number of benzene rings is 2. The van der Waals surface area contributed by atoms with Crippen LogP contribution in [0.2, 0.25) is 0 Å². The molecule has 4 rings (SSSR count). The molecule has 0 atom stereocenters. The molecule has 3 amide bonds. The Labute approximate surface area is 205 Å². The highest BCUT2D eigenvalue weighted by Crippen LogP contribution is 2.33. The number of carbonyl (C=O) groups is 2. The first-order valence-corrected chi connectivity index (χ1v) is 11.7. The fourth-order valence-electron chi connectivity index (χ4n) is 3.86. The third-order valence-electron chi connectivity index (χ3n) is 5.78. The van der Waals surface area contributed by atoms with Crippen LogP contribution in [-0.4, -0.2) is 41.1 Å². The Balaban J connectivity index is 1.47. The molecule has 0 radical (unpaired) electrons. The van der Waals surface area contributed by atoms with Crippen molar-refractivity contribution >= 4 is 11.9 Å². The number of carbonyl (C=O) groups excluding carboxylic acids is 2. The van der Waals surface area contributed by atoms with Crippen molar-refractivity contribution in [2.45, 2.75) is 46.4 Å². The maximum absolute atomic E-state index is 13.5. The number of furan rings is 1. The smallest absolute Gasteiger partial charge is 0.318 e. The first-order chi connectivity index (χ1) is 16.9. The number of nitrogens with zero attached hydrogens (tertiary/aromatic N) is 2. The van der Waals surface area contributed by atoms with Gasteiger partial charge >= 0.3 is 6.03 Å². The molecule has 8 nitrogen and oxygen atoms in total. The van der Waals surface area contributed by atoms with E-state index in [0.717, 1.165) is 16.9 Å². The molecule has 1 N–H and O–H groups in total. The molecular formula is C27H31N3O5. The topological polar surface area (TPSA) is 84.2 Å². The average molecular weight is 478 g/mol. The zero-order valence-corrected chi connectivity index (χ0v) is 20.3. The van der Waals surface area contributed by atoms with Gasteiger partial charge in [-0.1, -0.05) is 36.4 Å². The second kappa shape index (κ2) is 11.0. The number of ether oxygens (including phenoxy) is 2. The van der Waals surface area contributed by atoms with Crippen LogP contribution in [0, 0.1) is 6.92 Å². The summed E-state index contributed by atoms with van der Waals surface area (Å²) in [5.41, 5.74) is 1.89. The molecule has 0 bridgehead atoms. The number of hydrogen-bond acceptors (Lipinski definition) is 5. The lowest BCUT2D eigenvalue weighted by Crippen LogP contribution is -2.49. The first-order valence-electron chi connectivity index (χ1n) is 11.7. The van der Waals surface area contributed by atoms with Crippen molar-refractivity contribution in [1.29, 1.82) is 0 Å². The van der Waals surface area contributed by atoms with Crippen molar-refractivity contribution in [2.24, 2.45) is 0 Å². The Hall–Kier alpha value is -3.94. The molecule has 35 heavy (non-hydrogen) atoms. The van der Waals surface area contributed by atoms with Crippen LogP contribution in [0.5, 0.6) is 11.5 Å². The van der Waals surface area contributed by atoms with E-state index in [0.29, 0.717) is 36.9 Å². The van der Waals surface area contributed by atoms with Gasteiger partial charge in [-0.05, 0) is 56.2 Å². The first kappa shape index (κ1) is 24.2. The lowest BCUT2D eigenvalue weighted by molar-refractivity contribution is -0.133. The van der Waals surface area contributed by atoms with E-state index in [2.05, 4.69) is 5.32 Å². The van der Waals surface area contributed by atoms with Gasteiger partial charge in [0, 0.05) is 19.1 Å². The second-order valence-corrected chi connectivity index (χ2v) is 8.82. The predicted octanol–water partition coefficient (Wildman–Crippen LogP) is 4.47. The molecule has 1 aromatic heterocycles. The summed E-state index contributed by atoms with van der Waals surface area (Å²) >= 11 is 0. The maximum Gasteiger partial charge on any atom is 0.318 e. The maximum atomic E-state index is 13.5. The lowest BCUT2D eigenvalue weighted by Gasteiger charge is -2.30. The van der Waals surface area contributed by atoms with Crippen LogP contribution < -0.4 is 14.8 Å². The van der Waals surface area contributed by atoms with E-state index in [4.69, 9.17) is 13.9 Å². The summed E-state index contributed by atoms with van der Waals surface area (Å²) in [6.07, 6.45) is 0. The van der Waals surface area contributed by atoms with Gasteiger partial charge < -0.3 is 29.0 Å². The van der Waals surface area contributed by atoms with E-state index < -0.39 is 0 Å². The molecule has 2 aromatic carbocycles. The van der Waals surface area contributed by atoms with Gasteiger partial charge in [0.25, 0.3) is 0 Å². The number of hydrogen-bond donors (Lipinski definition) is 1. The van der Waals surface area contributed by atoms with Crippen molar-refractivity contribution < 1.29 is 23.5 Å². The summed E-state index contributed by atoms with van der Waals surface area (Å²) in [7, 11) is 0. The molecule has 0 spiro atoms. The van der Waals surface area contributed by atoms with Gasteiger partial charge in [-0.15, -0.1) is 0 Å². The number of amides is 3. The summed E-state index contributed by atoms with van der Waals surface area (Å²) in [5, 5.41) is 2.92. The number of nitrogens with one attached hydrogen (secondary N) is 1. The minimum atomic E-state index is -0.283. The van der Waals surface area contributed by atoms with Crippen molar-refractivity contribution in [1.82, 2.24) is 15.1 Å². The normalized spacial score (nSPS) is 12.0. The molecule has 184 valence electrons. The van der Waals surface area contributed by atoms with Crippen molar-refractivity contribution in [3.8, 4) is 11.5 Å². The fraction of sp³-hybridized carbons (Fsp3) is 0.333. The highest BCUT2D eigenvalue weighted by Gasteiger charge is 2.25. The van der Waals surface area contributed by atoms with Gasteiger partial charge in [0.1, 0.15) is 18.1 Å². The van der Waals surface area contributed by atoms with Gasteiger partial charge in [0.2, 0.25) is 12.7 Å². The molecule has 0 unspecified atom stereocenters. The molecule has 2 heterocycles. The van der Waals surface area contributed by atoms with E-state index in [1.165, 1.54) is 0 Å².